The zero-order valence-corrected chi connectivity index (χ0v) is 10.6. The first kappa shape index (κ1) is 12.3. The van der Waals surface area contributed by atoms with Crippen LogP contribution in [0.1, 0.15) is 0 Å². The Kier molecular flexibility index (Phi) is 4.06. The van der Waals surface area contributed by atoms with Crippen LogP contribution in [0, 0.1) is 0 Å². The highest BCUT2D eigenvalue weighted by Crippen LogP contribution is 2.25. The van der Waals surface area contributed by atoms with Crippen LogP contribution in [0.25, 0.3) is 0 Å². The van der Waals surface area contributed by atoms with Gasteiger partial charge in [0.25, 0.3) is 0 Å². The molecule has 0 spiro atoms. The number of rotatable bonds is 6. The van der Waals surface area contributed by atoms with E-state index in [1.165, 1.54) is 0 Å². The second-order valence-electron chi connectivity index (χ2n) is 3.83. The van der Waals surface area contributed by atoms with Gasteiger partial charge in [0.1, 0.15) is 6.61 Å². The molecule has 0 atom stereocenters. The van der Waals surface area contributed by atoms with Gasteiger partial charge in [-0.2, -0.15) is 5.10 Å². The molecule has 0 radical (unpaired) electrons. The normalized spacial score (nSPS) is 10.1. The van der Waals surface area contributed by atoms with E-state index in [1.54, 1.807) is 18.0 Å². The average Bonchev–Trinajstić information content (AvgIpc) is 2.81. The van der Waals surface area contributed by atoms with E-state index in [0.717, 1.165) is 17.2 Å². The lowest BCUT2D eigenvalue weighted by Gasteiger charge is -2.10. The Balaban J connectivity index is 1.78. The smallest absolute Gasteiger partial charge is 0.161 e. The molecule has 1 aromatic heterocycles. The van der Waals surface area contributed by atoms with Gasteiger partial charge in [-0.3, -0.25) is 4.68 Å². The molecule has 0 fully saturated rings. The van der Waals surface area contributed by atoms with Crippen molar-refractivity contribution in [3.63, 3.8) is 0 Å². The maximum Gasteiger partial charge on any atom is 0.161 e. The number of ether oxygens (including phenoxy) is 2. The number of anilines is 1. The summed E-state index contributed by atoms with van der Waals surface area (Å²) < 4.78 is 12.6. The second-order valence-corrected chi connectivity index (χ2v) is 3.83. The van der Waals surface area contributed by atoms with Gasteiger partial charge in [-0.25, -0.2) is 0 Å². The molecule has 2 rings (SSSR count). The molecule has 0 saturated carbocycles. The number of aromatic nitrogens is 2. The van der Waals surface area contributed by atoms with Crippen molar-refractivity contribution in [2.24, 2.45) is 7.05 Å². The number of methoxy groups -OCH3 is 1. The molecule has 1 aromatic carbocycles. The topological polar surface area (TPSA) is 48.3 Å². The Hall–Kier alpha value is -2.17. The lowest BCUT2D eigenvalue weighted by atomic mass is 10.3. The first-order valence-electron chi connectivity index (χ1n) is 5.78. The number of hydrogen-bond acceptors (Lipinski definition) is 4. The third-order valence-electron chi connectivity index (χ3n) is 2.46. The minimum Gasteiger partial charge on any atom is -0.493 e. The molecule has 2 aromatic rings. The van der Waals surface area contributed by atoms with Gasteiger partial charge in [0.2, 0.25) is 0 Å². The molecular formula is C13H17N3O2. The quantitative estimate of drug-likeness (QED) is 0.792. The molecule has 0 amide bonds. The van der Waals surface area contributed by atoms with E-state index in [4.69, 9.17) is 9.47 Å². The van der Waals surface area contributed by atoms with Crippen LogP contribution in [0.5, 0.6) is 11.5 Å². The largest absolute Gasteiger partial charge is 0.493 e. The van der Waals surface area contributed by atoms with E-state index < -0.39 is 0 Å². The van der Waals surface area contributed by atoms with E-state index in [-0.39, 0.29) is 0 Å². The summed E-state index contributed by atoms with van der Waals surface area (Å²) in [4.78, 5) is 0. The predicted molar refractivity (Wildman–Crippen MR) is 70.2 cm³/mol. The summed E-state index contributed by atoms with van der Waals surface area (Å²) in [5.74, 6) is 1.51. The zero-order chi connectivity index (χ0) is 12.8. The molecule has 5 heteroatoms. The van der Waals surface area contributed by atoms with E-state index in [2.05, 4.69) is 10.4 Å². The Morgan fingerprint density at radius 3 is 2.72 bits per heavy atom. The van der Waals surface area contributed by atoms with Crippen molar-refractivity contribution >= 4 is 5.69 Å². The van der Waals surface area contributed by atoms with Gasteiger partial charge < -0.3 is 14.8 Å². The van der Waals surface area contributed by atoms with Crippen LogP contribution in [-0.2, 0) is 7.05 Å². The van der Waals surface area contributed by atoms with Crippen LogP contribution in [0.4, 0.5) is 5.69 Å². The van der Waals surface area contributed by atoms with E-state index in [1.807, 2.05) is 37.5 Å². The summed E-state index contributed by atoms with van der Waals surface area (Å²) in [5.41, 5.74) is 0.987. The Morgan fingerprint density at radius 1 is 1.28 bits per heavy atom. The van der Waals surface area contributed by atoms with Crippen molar-refractivity contribution in [2.45, 2.75) is 0 Å². The van der Waals surface area contributed by atoms with Gasteiger partial charge in [0.05, 0.1) is 19.0 Å². The number of nitrogens with one attached hydrogen (secondary N) is 1. The van der Waals surface area contributed by atoms with Crippen molar-refractivity contribution in [1.29, 1.82) is 0 Å². The highest BCUT2D eigenvalue weighted by atomic mass is 16.5. The Bertz CT molecular complexity index is 496. The summed E-state index contributed by atoms with van der Waals surface area (Å²) in [6, 6.07) is 7.61. The molecular weight excluding hydrogens is 230 g/mol. The van der Waals surface area contributed by atoms with Crippen molar-refractivity contribution in [1.82, 2.24) is 9.78 Å². The maximum atomic E-state index is 5.64. The molecule has 0 aliphatic carbocycles. The van der Waals surface area contributed by atoms with E-state index in [9.17, 15) is 0 Å². The van der Waals surface area contributed by atoms with Crippen molar-refractivity contribution < 1.29 is 9.47 Å². The number of hydrogen-bond donors (Lipinski definition) is 1. The monoisotopic (exact) mass is 247 g/mol. The summed E-state index contributed by atoms with van der Waals surface area (Å²) in [6.45, 7) is 1.28. The van der Waals surface area contributed by atoms with Gasteiger partial charge in [-0.1, -0.05) is 12.1 Å². The zero-order valence-electron chi connectivity index (χ0n) is 10.6. The minimum atomic E-state index is 0.565. The van der Waals surface area contributed by atoms with Crippen molar-refractivity contribution in [3.8, 4) is 11.5 Å². The summed E-state index contributed by atoms with van der Waals surface area (Å²) in [5, 5.41) is 7.30. The van der Waals surface area contributed by atoms with Crippen LogP contribution < -0.4 is 14.8 Å². The van der Waals surface area contributed by atoms with Gasteiger partial charge in [0, 0.05) is 19.8 Å². The fraction of sp³-hybridized carbons (Fsp3) is 0.308. The number of aryl methyl sites for hydroxylation is 1. The highest BCUT2D eigenvalue weighted by molar-refractivity contribution is 5.40. The molecule has 0 saturated heterocycles. The van der Waals surface area contributed by atoms with Crippen LogP contribution in [0.3, 0.4) is 0 Å². The van der Waals surface area contributed by atoms with E-state index in [0.29, 0.717) is 13.2 Å². The minimum absolute atomic E-state index is 0.565. The van der Waals surface area contributed by atoms with Crippen LogP contribution >= 0.6 is 0 Å². The molecule has 1 N–H and O–H groups in total. The molecule has 0 unspecified atom stereocenters. The first-order chi connectivity index (χ1) is 8.79. The molecule has 1 heterocycles. The third kappa shape index (κ3) is 3.16. The number of nitrogens with zero attached hydrogens (tertiary/aromatic N) is 2. The Labute approximate surface area is 106 Å². The van der Waals surface area contributed by atoms with Gasteiger partial charge in [0.15, 0.2) is 11.5 Å². The molecule has 0 aliphatic heterocycles. The number of para-hydroxylation sites is 2. The lowest BCUT2D eigenvalue weighted by molar-refractivity contribution is 0.306. The predicted octanol–water partition coefficient (Wildman–Crippen LogP) is 1.92. The van der Waals surface area contributed by atoms with Gasteiger partial charge >= 0.3 is 0 Å². The second kappa shape index (κ2) is 5.95. The van der Waals surface area contributed by atoms with Gasteiger partial charge in [-0.15, -0.1) is 0 Å². The molecule has 0 bridgehead atoms. The lowest BCUT2D eigenvalue weighted by Crippen LogP contribution is -2.11. The fourth-order valence-corrected chi connectivity index (χ4v) is 1.61. The standard InChI is InChI=1S/C13H17N3O2/c1-16-10-11(9-15-16)14-7-8-18-13-6-4-3-5-12(13)17-2/h3-6,9-10,14H,7-8H2,1-2H3. The highest BCUT2D eigenvalue weighted by Gasteiger charge is 2.01. The molecule has 5 nitrogen and oxygen atoms in total. The molecule has 18 heavy (non-hydrogen) atoms. The molecule has 96 valence electrons. The summed E-state index contributed by atoms with van der Waals surface area (Å²) in [6.07, 6.45) is 3.70. The maximum absolute atomic E-state index is 5.64. The van der Waals surface area contributed by atoms with Crippen molar-refractivity contribution in [3.05, 3.63) is 36.7 Å². The van der Waals surface area contributed by atoms with Crippen LogP contribution in [0.15, 0.2) is 36.7 Å². The first-order valence-corrected chi connectivity index (χ1v) is 5.78. The summed E-state index contributed by atoms with van der Waals surface area (Å²) in [7, 11) is 3.52. The molecule has 0 aliphatic rings. The van der Waals surface area contributed by atoms with E-state index >= 15 is 0 Å². The van der Waals surface area contributed by atoms with Gasteiger partial charge in [-0.05, 0) is 12.1 Å². The Morgan fingerprint density at radius 2 is 2.06 bits per heavy atom. The van der Waals surface area contributed by atoms with Crippen LogP contribution in [-0.4, -0.2) is 30.0 Å². The van der Waals surface area contributed by atoms with Crippen molar-refractivity contribution in [2.75, 3.05) is 25.6 Å². The fourth-order valence-electron chi connectivity index (χ4n) is 1.61. The average molecular weight is 247 g/mol. The summed E-state index contributed by atoms with van der Waals surface area (Å²) >= 11 is 0. The number of benzene rings is 1. The SMILES string of the molecule is COc1ccccc1OCCNc1cnn(C)c1. The van der Waals surface area contributed by atoms with Crippen LogP contribution in [0.2, 0.25) is 0 Å². The third-order valence-corrected chi connectivity index (χ3v) is 2.46.